The number of H-pyrrole nitrogens is 2. The lowest BCUT2D eigenvalue weighted by Crippen LogP contribution is -2.47. The van der Waals surface area contributed by atoms with Gasteiger partial charge in [0.15, 0.2) is 14.4 Å². The Kier molecular flexibility index (Phi) is 10.0. The molecule has 2 aromatic heterocycles. The maximum Gasteiger partial charge on any atom is 0.335 e. The predicted molar refractivity (Wildman–Crippen MR) is 155 cm³/mol. The minimum atomic E-state index is -2.21. The monoisotopic (exact) mass is 610 g/mol. The van der Waals surface area contributed by atoms with Gasteiger partial charge in [-0.2, -0.15) is 0 Å². The van der Waals surface area contributed by atoms with E-state index in [1.807, 2.05) is 20.0 Å². The average Bonchev–Trinajstić information content (AvgIpc) is 3.46. The molecule has 2 aliphatic heterocycles. The molecule has 0 saturated carbocycles. The van der Waals surface area contributed by atoms with Crippen LogP contribution in [0, 0.1) is 19.8 Å². The van der Waals surface area contributed by atoms with Crippen LogP contribution in [0.2, 0.25) is 18.1 Å². The SMILES string of the molecule is Cc1cn([C@H]2C[C@@H](C)[C@@H](CO)O2)c(=O)[nH]c1=O.Cc1cn([C@H]2C[C@@H](O[Si](C)(C)C(C)(C)C)[C@@H](C(=O)O)O2)c(=O)[nH]c1=O. The lowest BCUT2D eigenvalue weighted by molar-refractivity contribution is -0.155. The minimum Gasteiger partial charge on any atom is -0.479 e. The summed E-state index contributed by atoms with van der Waals surface area (Å²) in [4.78, 5) is 62.5. The van der Waals surface area contributed by atoms with Crippen LogP contribution in [-0.2, 0) is 18.7 Å². The van der Waals surface area contributed by atoms with Crippen molar-refractivity contribution in [3.8, 4) is 0 Å². The Bertz CT molecular complexity index is 1520. The maximum atomic E-state index is 12.1. The van der Waals surface area contributed by atoms with Crippen LogP contribution in [0.3, 0.4) is 0 Å². The second-order valence-electron chi connectivity index (χ2n) is 12.5. The summed E-state index contributed by atoms with van der Waals surface area (Å²) in [6, 6.07) is 0. The average molecular weight is 611 g/mol. The number of ether oxygens (including phenoxy) is 2. The molecule has 4 N–H and O–H groups in total. The van der Waals surface area contributed by atoms with Gasteiger partial charge in [0.1, 0.15) is 12.5 Å². The highest BCUT2D eigenvalue weighted by Gasteiger charge is 2.47. The van der Waals surface area contributed by atoms with Crippen LogP contribution in [-0.4, -0.2) is 68.5 Å². The van der Waals surface area contributed by atoms with E-state index in [4.69, 9.17) is 19.0 Å². The Labute approximate surface area is 243 Å². The fraction of sp³-hybridized carbons (Fsp3) is 0.667. The third kappa shape index (κ3) is 7.26. The smallest absolute Gasteiger partial charge is 0.335 e. The topological polar surface area (TPSA) is 195 Å². The quantitative estimate of drug-likeness (QED) is 0.347. The molecule has 0 bridgehead atoms. The molecule has 4 rings (SSSR count). The number of aliphatic carboxylic acids is 1. The first-order valence-electron chi connectivity index (χ1n) is 13.8. The molecule has 234 valence electrons. The number of aryl methyl sites for hydroxylation is 2. The number of rotatable bonds is 6. The fourth-order valence-corrected chi connectivity index (χ4v) is 5.89. The largest absolute Gasteiger partial charge is 0.479 e. The summed E-state index contributed by atoms with van der Waals surface area (Å²) in [5.74, 6) is -0.940. The Morgan fingerprint density at radius 1 is 0.976 bits per heavy atom. The third-order valence-corrected chi connectivity index (χ3v) is 12.7. The number of nitrogens with zero attached hydrogens (tertiary/aromatic N) is 2. The normalized spacial score (nSPS) is 26.1. The zero-order valence-corrected chi connectivity index (χ0v) is 26.3. The van der Waals surface area contributed by atoms with Gasteiger partial charge in [-0.25, -0.2) is 14.4 Å². The molecule has 14 nitrogen and oxygen atoms in total. The molecule has 4 heterocycles. The van der Waals surface area contributed by atoms with E-state index in [0.717, 1.165) is 0 Å². The van der Waals surface area contributed by atoms with Gasteiger partial charge in [0, 0.05) is 29.9 Å². The van der Waals surface area contributed by atoms with Gasteiger partial charge in [-0.15, -0.1) is 0 Å². The van der Waals surface area contributed by atoms with E-state index in [1.54, 1.807) is 13.8 Å². The molecule has 0 aliphatic carbocycles. The number of hydrogen-bond donors (Lipinski definition) is 4. The van der Waals surface area contributed by atoms with E-state index in [-0.39, 0.29) is 35.6 Å². The molecular formula is C27H42N4O10Si. The Hall–Kier alpha value is -3.11. The first kappa shape index (κ1) is 33.4. The van der Waals surface area contributed by atoms with Crippen molar-refractivity contribution >= 4 is 14.3 Å². The molecule has 0 amide bonds. The number of aliphatic hydroxyl groups is 1. The first-order chi connectivity index (χ1) is 19.4. The second-order valence-corrected chi connectivity index (χ2v) is 17.2. The highest BCUT2D eigenvalue weighted by molar-refractivity contribution is 6.74. The summed E-state index contributed by atoms with van der Waals surface area (Å²) in [5, 5.41) is 18.5. The van der Waals surface area contributed by atoms with Crippen molar-refractivity contribution in [3.05, 3.63) is 65.2 Å². The van der Waals surface area contributed by atoms with E-state index in [1.165, 1.54) is 21.5 Å². The molecule has 2 aliphatic rings. The van der Waals surface area contributed by atoms with Gasteiger partial charge in [0.25, 0.3) is 11.1 Å². The van der Waals surface area contributed by atoms with Crippen molar-refractivity contribution in [2.75, 3.05) is 6.61 Å². The van der Waals surface area contributed by atoms with Gasteiger partial charge < -0.3 is 24.1 Å². The molecule has 0 unspecified atom stereocenters. The summed E-state index contributed by atoms with van der Waals surface area (Å²) >= 11 is 0. The van der Waals surface area contributed by atoms with Crippen molar-refractivity contribution in [2.24, 2.45) is 5.92 Å². The molecule has 42 heavy (non-hydrogen) atoms. The fourth-order valence-electron chi connectivity index (χ4n) is 4.56. The van der Waals surface area contributed by atoms with Gasteiger partial charge in [-0.3, -0.25) is 28.7 Å². The summed E-state index contributed by atoms with van der Waals surface area (Å²) in [7, 11) is -2.21. The van der Waals surface area contributed by atoms with Crippen LogP contribution in [0.15, 0.2) is 31.6 Å². The molecule has 0 radical (unpaired) electrons. The standard InChI is InChI=1S/C16H26N2O6Si.C11H16N2O4/c1-9-8-18(15(22)17-13(9)19)11-7-10(12(23-11)14(20)21)24-25(5,6)16(2,3)4;1-6-3-9(17-8(6)5-14)13-4-7(2)10(15)12-11(13)16/h8,10-12H,7H2,1-6H3,(H,20,21)(H,17,19,22);4,6,8-9,14H,3,5H2,1-2H3,(H,12,15,16)/t10-,11-,12+;6-,8-,9-/m11/s1. The van der Waals surface area contributed by atoms with E-state index >= 15 is 0 Å². The van der Waals surface area contributed by atoms with Gasteiger partial charge in [0.05, 0.1) is 18.8 Å². The maximum absolute atomic E-state index is 12.1. The van der Waals surface area contributed by atoms with Crippen molar-refractivity contribution in [1.29, 1.82) is 0 Å². The lowest BCUT2D eigenvalue weighted by atomic mass is 10.0. The van der Waals surface area contributed by atoms with Crippen LogP contribution >= 0.6 is 0 Å². The number of nitrogens with one attached hydrogen (secondary N) is 2. The van der Waals surface area contributed by atoms with E-state index in [9.17, 15) is 29.1 Å². The highest BCUT2D eigenvalue weighted by atomic mass is 28.4. The Morgan fingerprint density at radius 2 is 1.45 bits per heavy atom. The van der Waals surface area contributed by atoms with Crippen LogP contribution in [0.1, 0.15) is 64.1 Å². The number of carbonyl (C=O) groups is 1. The zero-order valence-electron chi connectivity index (χ0n) is 25.3. The number of aromatic amines is 2. The number of carboxylic acid groups (broad SMARTS) is 1. The van der Waals surface area contributed by atoms with E-state index < -0.39 is 55.9 Å². The summed E-state index contributed by atoms with van der Waals surface area (Å²) in [6.45, 7) is 15.4. The van der Waals surface area contributed by atoms with Gasteiger partial charge in [0.2, 0.25) is 0 Å². The molecule has 0 aromatic carbocycles. The van der Waals surface area contributed by atoms with Crippen molar-refractivity contribution < 1.29 is 28.9 Å². The summed E-state index contributed by atoms with van der Waals surface area (Å²) < 4.78 is 20.0. The van der Waals surface area contributed by atoms with Crippen LogP contribution in [0.25, 0.3) is 0 Å². The molecular weight excluding hydrogens is 568 g/mol. The first-order valence-corrected chi connectivity index (χ1v) is 16.7. The molecule has 2 saturated heterocycles. The van der Waals surface area contributed by atoms with Crippen molar-refractivity contribution in [2.45, 2.75) is 103 Å². The Balaban J connectivity index is 0.000000247. The Morgan fingerprint density at radius 3 is 1.86 bits per heavy atom. The molecule has 15 heteroatoms. The summed E-state index contributed by atoms with van der Waals surface area (Å²) in [5.41, 5.74) is -1.13. The van der Waals surface area contributed by atoms with Crippen molar-refractivity contribution in [3.63, 3.8) is 0 Å². The second kappa shape index (κ2) is 12.6. The predicted octanol–water partition coefficient (Wildman–Crippen LogP) is 1.37. The lowest BCUT2D eigenvalue weighted by Gasteiger charge is -2.38. The van der Waals surface area contributed by atoms with E-state index in [0.29, 0.717) is 17.5 Å². The molecule has 2 aromatic rings. The number of carboxylic acids is 1. The highest BCUT2D eigenvalue weighted by Crippen LogP contribution is 2.41. The van der Waals surface area contributed by atoms with Crippen LogP contribution in [0.4, 0.5) is 0 Å². The summed E-state index contributed by atoms with van der Waals surface area (Å²) in [6.07, 6.45) is 0.507. The number of aromatic nitrogens is 4. The zero-order chi connectivity index (χ0) is 31.7. The van der Waals surface area contributed by atoms with Crippen molar-refractivity contribution in [1.82, 2.24) is 19.1 Å². The van der Waals surface area contributed by atoms with Crippen LogP contribution in [0.5, 0.6) is 0 Å². The van der Waals surface area contributed by atoms with E-state index in [2.05, 4.69) is 30.7 Å². The van der Waals surface area contributed by atoms with Gasteiger partial charge >= 0.3 is 17.3 Å². The minimum absolute atomic E-state index is 0.0608. The number of hydrogen-bond acceptors (Lipinski definition) is 9. The molecule has 0 spiro atoms. The third-order valence-electron chi connectivity index (χ3n) is 8.20. The van der Waals surface area contributed by atoms with Crippen LogP contribution < -0.4 is 22.5 Å². The molecule has 6 atom stereocenters. The van der Waals surface area contributed by atoms with Gasteiger partial charge in [-0.1, -0.05) is 27.7 Å². The number of aliphatic hydroxyl groups excluding tert-OH is 1. The van der Waals surface area contributed by atoms with Gasteiger partial charge in [-0.05, 0) is 44.3 Å². The molecule has 2 fully saturated rings.